The number of hydroxylamine groups is 6. The minimum Gasteiger partial charge on any atom is -0.293 e. The maximum absolute atomic E-state index is 11.2. The molecule has 0 aromatic heterocycles. The summed E-state index contributed by atoms with van der Waals surface area (Å²) in [5, 5.41) is 9.26. The van der Waals surface area contributed by atoms with Crippen molar-refractivity contribution in [3.05, 3.63) is 0 Å². The van der Waals surface area contributed by atoms with Gasteiger partial charge in [0.2, 0.25) is 0 Å². The van der Waals surface area contributed by atoms with E-state index in [9.17, 15) is 38.4 Å². The Bertz CT molecular complexity index is 1070. The molecule has 0 saturated carbocycles. The molecule has 22 nitrogen and oxygen atoms in total. The zero-order chi connectivity index (χ0) is 41.9. The smallest absolute Gasteiger partial charge is 0.293 e. The summed E-state index contributed by atoms with van der Waals surface area (Å²) in [5.74, 6) is -3.85. The van der Waals surface area contributed by atoms with E-state index in [1.165, 1.54) is 0 Å². The van der Waals surface area contributed by atoms with Crippen molar-refractivity contribution in [1.29, 1.82) is 0 Å². The maximum Gasteiger partial charge on any atom is 0.560 e. The molecule has 0 aromatic rings. The van der Waals surface area contributed by atoms with Gasteiger partial charge in [0.1, 0.15) is 6.61 Å². The number of halogens is 6. The molecule has 1 N–H and O–H groups in total. The van der Waals surface area contributed by atoms with E-state index in [4.69, 9.17) is 33.5 Å². The van der Waals surface area contributed by atoms with Gasteiger partial charge in [-0.2, -0.15) is 4.79 Å². The number of rotatable bonds is 20. The summed E-state index contributed by atoms with van der Waals surface area (Å²) >= 11 is 9.54. The van der Waals surface area contributed by atoms with Gasteiger partial charge < -0.3 is 38.3 Å². The first kappa shape index (κ1) is 60.4. The van der Waals surface area contributed by atoms with Gasteiger partial charge in [-0.3, -0.25) is 43.3 Å². The Morgan fingerprint density at radius 1 is 0.518 bits per heavy atom. The van der Waals surface area contributed by atoms with Crippen molar-refractivity contribution >= 4 is 146 Å². The summed E-state index contributed by atoms with van der Waals surface area (Å²) in [6.07, 6.45) is -2.76. The second kappa shape index (κ2) is 41.8. The number of hydrogen-bond donors (Lipinski definition) is 1. The van der Waals surface area contributed by atoms with Gasteiger partial charge in [0.25, 0.3) is 35.4 Å². The van der Waals surface area contributed by atoms with Crippen LogP contribution >= 0.6 is 98.4 Å². The molecule has 28 heteroatoms. The molecule has 3 heterocycles. The van der Waals surface area contributed by atoms with Gasteiger partial charge in [0.05, 0.1) is 72.7 Å². The number of aliphatic hydroxyl groups excluding tert-OH is 1. The van der Waals surface area contributed by atoms with Crippen molar-refractivity contribution in [2.45, 2.75) is 38.5 Å². The first-order chi connectivity index (χ1) is 26.5. The molecule has 56 heavy (non-hydrogen) atoms. The van der Waals surface area contributed by atoms with Crippen molar-refractivity contribution in [1.82, 2.24) is 15.2 Å². The monoisotopic (exact) mass is 1490 g/mol. The van der Waals surface area contributed by atoms with Gasteiger partial charge in [-0.1, -0.05) is 15.2 Å². The number of ether oxygens (including phenoxy) is 7. The second-order valence-electron chi connectivity index (χ2n) is 9.58. The fourth-order valence-electron chi connectivity index (χ4n) is 3.42. The average molecular weight is 1490 g/mol. The summed E-state index contributed by atoms with van der Waals surface area (Å²) < 4.78 is 34.5. The quantitative estimate of drug-likeness (QED) is 0.0727. The van der Waals surface area contributed by atoms with Crippen molar-refractivity contribution < 1.29 is 104 Å². The first-order valence-corrected chi connectivity index (χ1v) is 34.6. The van der Waals surface area contributed by atoms with E-state index >= 15 is 0 Å². The van der Waals surface area contributed by atoms with Crippen LogP contribution in [0.4, 0.5) is 9.59 Å². The number of nitrogens with zero attached hydrogens (tertiary/aromatic N) is 3. The standard InChI is InChI=1S/C12H19NO8.C9H8N2O7.C7H16O4.I3.I2.HI/c1-17-4-5-18-6-7-19-8-9-20-12(16)21-13-10(14)2-3-11(13)15;12-5-1-2-6(13)10(5)17-9(16)18-11-7(14)3-4-8(11)15;1-9-4-5-11-7-6-10-3-2-8;1-3-2;1-2;/h2-9H2,1H3;1-4H2;8H,2-7H2,1H3;;;1H/q;;;-1;;. The van der Waals surface area contributed by atoms with Crippen molar-refractivity contribution in [3.63, 3.8) is 0 Å². The van der Waals surface area contributed by atoms with E-state index < -0.39 is 47.8 Å². The number of aliphatic hydroxyl groups is 1. The average Bonchev–Trinajstić information content (AvgIpc) is 3.78. The number of hydrogen-bond acceptors (Lipinski definition) is 19. The molecule has 328 valence electrons. The third-order valence-electron chi connectivity index (χ3n) is 5.81. The van der Waals surface area contributed by atoms with Crippen LogP contribution in [0.25, 0.3) is 0 Å². The molecule has 0 aliphatic carbocycles. The van der Waals surface area contributed by atoms with Gasteiger partial charge in [0.15, 0.2) is 0 Å². The molecule has 3 saturated heterocycles. The Hall–Kier alpha value is 0.0600. The normalized spacial score (nSPS) is 14.4. The van der Waals surface area contributed by atoms with Crippen LogP contribution in [0, 0.1) is 0 Å². The van der Waals surface area contributed by atoms with Crippen LogP contribution in [0.2, 0.25) is 0 Å². The summed E-state index contributed by atoms with van der Waals surface area (Å²) in [5.41, 5.74) is 0. The zero-order valence-corrected chi connectivity index (χ0v) is 43.3. The van der Waals surface area contributed by atoms with Crippen LogP contribution in [0.3, 0.4) is 0 Å². The second-order valence-corrected chi connectivity index (χ2v) is 25.8. The van der Waals surface area contributed by atoms with E-state index in [-0.39, 0.29) is 92.4 Å². The van der Waals surface area contributed by atoms with Gasteiger partial charge in [-0.05, 0) is 0 Å². The molecule has 3 fully saturated rings. The minimum absolute atomic E-state index is 0. The van der Waals surface area contributed by atoms with Crippen LogP contribution in [0.15, 0.2) is 0 Å². The Morgan fingerprint density at radius 2 is 0.768 bits per heavy atom. The number of carbonyl (C=O) groups is 8. The fraction of sp³-hybridized carbons (Fsp3) is 0.714. The number of imide groups is 3. The number of amides is 6. The van der Waals surface area contributed by atoms with Crippen molar-refractivity contribution in [2.24, 2.45) is 0 Å². The van der Waals surface area contributed by atoms with Crippen LogP contribution < -0.4 is 13.3 Å². The van der Waals surface area contributed by atoms with Crippen LogP contribution in [0.1, 0.15) is 38.5 Å². The number of carbonyl (C=O) groups excluding carboxylic acids is 8. The van der Waals surface area contributed by atoms with Crippen LogP contribution in [-0.2, 0) is 76.4 Å². The molecule has 6 amide bonds. The zero-order valence-electron chi connectivity index (χ0n) is 30.2. The molecule has 0 bridgehead atoms. The van der Waals surface area contributed by atoms with Gasteiger partial charge in [0, 0.05) is 90.0 Å². The topological polar surface area (TPSA) is 259 Å². The van der Waals surface area contributed by atoms with E-state index in [2.05, 4.69) is 93.7 Å². The van der Waals surface area contributed by atoms with E-state index in [1.54, 1.807) is 14.2 Å². The summed E-state index contributed by atoms with van der Waals surface area (Å²) in [6, 6.07) is 0. The fourth-order valence-corrected chi connectivity index (χ4v) is 3.42. The van der Waals surface area contributed by atoms with Crippen molar-refractivity contribution in [3.8, 4) is 0 Å². The largest absolute Gasteiger partial charge is 0.560 e. The van der Waals surface area contributed by atoms with Crippen molar-refractivity contribution in [2.75, 3.05) is 93.5 Å². The Labute approximate surface area is 393 Å². The van der Waals surface area contributed by atoms with Crippen LogP contribution in [-0.4, -0.2) is 162 Å². The summed E-state index contributed by atoms with van der Waals surface area (Å²) in [7, 11) is 3.21. The van der Waals surface area contributed by atoms with E-state index in [1.807, 2.05) is 0 Å². The summed E-state index contributed by atoms with van der Waals surface area (Å²) in [4.78, 5) is 102. The van der Waals surface area contributed by atoms with Gasteiger partial charge in [-0.25, -0.2) is 4.79 Å². The van der Waals surface area contributed by atoms with E-state index in [0.29, 0.717) is 77.8 Å². The molecule has 0 radical (unpaired) electrons. The molecular formula is C28H44I6N3O19-. The number of methoxy groups -OCH3 is 2. The molecule has 3 rings (SSSR count). The molecule has 0 spiro atoms. The Morgan fingerprint density at radius 3 is 1.05 bits per heavy atom. The Balaban J connectivity index is -0.000000731. The minimum atomic E-state index is -1.48. The summed E-state index contributed by atoms with van der Waals surface area (Å²) in [6.45, 7) is 4.62. The molecule has 0 aromatic carbocycles. The molecular weight excluding hydrogens is 1440 g/mol. The van der Waals surface area contributed by atoms with Gasteiger partial charge in [-0.15, -0.1) is 24.0 Å². The molecule has 3 aliphatic heterocycles. The third-order valence-corrected chi connectivity index (χ3v) is 5.81. The predicted octanol–water partition coefficient (Wildman–Crippen LogP) is -0.0261. The predicted molar refractivity (Wildman–Crippen MR) is 229 cm³/mol. The van der Waals surface area contributed by atoms with Gasteiger partial charge >= 0.3 is 62.8 Å². The molecule has 0 unspecified atom stereocenters. The SMILES string of the molecule is COCCOCCOCCO.COCCOCCOCCOC(=O)ON1C(=O)CCC1=O.I.II.I[I-]I.O=C(ON1C(=O)CCC1=O)ON1C(=O)CCC1=O. The Kier molecular flexibility index (Phi) is 45.0. The molecule has 3 aliphatic rings. The first-order valence-electron chi connectivity index (χ1n) is 15.7. The van der Waals surface area contributed by atoms with E-state index in [0.717, 1.165) is 0 Å². The third kappa shape index (κ3) is 31.0. The van der Waals surface area contributed by atoms with Crippen LogP contribution in [0.5, 0.6) is 0 Å². The maximum atomic E-state index is 11.2. The molecule has 0 atom stereocenters.